The number of aliphatic imine (C=N–C) groups is 1. The zero-order valence-corrected chi connectivity index (χ0v) is 23.2. The number of methoxy groups -OCH3 is 1. The average Bonchev–Trinajstić information content (AvgIpc) is 3.26. The van der Waals surface area contributed by atoms with E-state index >= 15 is 0 Å². The van der Waals surface area contributed by atoms with Crippen molar-refractivity contribution in [2.24, 2.45) is 4.99 Å². The molecule has 0 radical (unpaired) electrons. The number of halogens is 6. The van der Waals surface area contributed by atoms with Gasteiger partial charge in [0.1, 0.15) is 18.1 Å². The lowest BCUT2D eigenvalue weighted by Crippen LogP contribution is -2.49. The van der Waals surface area contributed by atoms with Crippen LogP contribution < -0.4 is 9.47 Å². The Morgan fingerprint density at radius 1 is 1.00 bits per heavy atom. The zero-order chi connectivity index (χ0) is 30.2. The van der Waals surface area contributed by atoms with E-state index in [0.717, 1.165) is 24.1 Å². The smallest absolute Gasteiger partial charge is 0.416 e. The number of amides is 1. The first-order valence-corrected chi connectivity index (χ1v) is 14.5. The van der Waals surface area contributed by atoms with Gasteiger partial charge in [0.15, 0.2) is 5.17 Å². The number of carbonyl (C=O) groups excluding carboxylic acids is 1. The molecule has 2 aliphatic heterocycles. The molecule has 0 spiro atoms. The van der Waals surface area contributed by atoms with Gasteiger partial charge in [-0.2, -0.15) is 35.6 Å². The first-order chi connectivity index (χ1) is 19.1. The van der Waals surface area contributed by atoms with Crippen molar-refractivity contribution in [3.05, 3.63) is 63.6 Å². The van der Waals surface area contributed by atoms with Gasteiger partial charge < -0.3 is 14.4 Å². The molecule has 222 valence electrons. The van der Waals surface area contributed by atoms with Gasteiger partial charge in [-0.3, -0.25) is 4.79 Å². The molecular formula is C25H23F6N3O5S2. The third-order valence-corrected chi connectivity index (χ3v) is 8.56. The fourth-order valence-electron chi connectivity index (χ4n) is 4.09. The van der Waals surface area contributed by atoms with Gasteiger partial charge in [-0.05, 0) is 42.1 Å². The molecule has 0 saturated carbocycles. The van der Waals surface area contributed by atoms with Gasteiger partial charge in [0, 0.05) is 43.4 Å². The summed E-state index contributed by atoms with van der Waals surface area (Å²) in [5.41, 5.74) is -2.91. The summed E-state index contributed by atoms with van der Waals surface area (Å²) in [6.45, 7) is 0.595. The quantitative estimate of drug-likeness (QED) is 0.336. The third-order valence-electron chi connectivity index (χ3n) is 6.22. The minimum atomic E-state index is -5.03. The highest BCUT2D eigenvalue weighted by Gasteiger charge is 2.38. The monoisotopic (exact) mass is 623 g/mol. The van der Waals surface area contributed by atoms with Crippen molar-refractivity contribution in [1.29, 1.82) is 0 Å². The molecular weight excluding hydrogens is 600 g/mol. The summed E-state index contributed by atoms with van der Waals surface area (Å²) in [6.07, 6.45) is -7.31. The number of thioether (sulfide) groups is 1. The molecule has 1 saturated heterocycles. The predicted octanol–water partition coefficient (Wildman–Crippen LogP) is 4.86. The van der Waals surface area contributed by atoms with Crippen LogP contribution in [0.1, 0.15) is 22.3 Å². The normalized spacial score (nSPS) is 18.1. The minimum absolute atomic E-state index is 0.0484. The second-order valence-electron chi connectivity index (χ2n) is 9.02. The maximum atomic E-state index is 13.4. The number of alkyl halides is 6. The van der Waals surface area contributed by atoms with Crippen molar-refractivity contribution in [3.63, 3.8) is 0 Å². The summed E-state index contributed by atoms with van der Waals surface area (Å²) in [4.78, 5) is 18.7. The number of piperazine rings is 1. The molecule has 4 rings (SSSR count). The predicted molar refractivity (Wildman–Crippen MR) is 140 cm³/mol. The lowest BCUT2D eigenvalue weighted by Gasteiger charge is -2.33. The first-order valence-electron chi connectivity index (χ1n) is 11.9. The number of benzene rings is 2. The summed E-state index contributed by atoms with van der Waals surface area (Å²) in [7, 11) is -1.98. The van der Waals surface area contributed by atoms with Crippen molar-refractivity contribution in [2.75, 3.05) is 39.5 Å². The van der Waals surface area contributed by atoms with E-state index in [1.807, 2.05) is 4.90 Å². The molecule has 1 fully saturated rings. The van der Waals surface area contributed by atoms with Crippen molar-refractivity contribution < 1.29 is 49.0 Å². The Morgan fingerprint density at radius 3 is 2.27 bits per heavy atom. The topological polar surface area (TPSA) is 88.5 Å². The maximum Gasteiger partial charge on any atom is 0.416 e. The van der Waals surface area contributed by atoms with Crippen molar-refractivity contribution in [3.8, 4) is 11.5 Å². The molecule has 41 heavy (non-hydrogen) atoms. The Bertz CT molecular complexity index is 1500. The van der Waals surface area contributed by atoms with E-state index in [2.05, 4.69) is 4.99 Å². The SMILES string of the molecule is COc1cc(OCc2ccc(C(F)(F)F)cc2C(F)(F)F)ccc1C=C1SC(N2CCN(S(C)(=O)=O)CC2)=NC1=O. The van der Waals surface area contributed by atoms with E-state index in [9.17, 15) is 39.6 Å². The van der Waals surface area contributed by atoms with Crippen LogP contribution in [0.5, 0.6) is 11.5 Å². The molecule has 0 N–H and O–H groups in total. The second kappa shape index (κ2) is 11.6. The summed E-state index contributed by atoms with van der Waals surface area (Å²) < 4.78 is 115. The first kappa shape index (κ1) is 30.7. The number of carbonyl (C=O) groups is 1. The standard InChI is InChI=1S/C25H23F6N3O5S2/c1-38-20-13-18(39-14-16-3-5-17(24(26,27)28)12-19(16)25(29,30)31)6-4-15(20)11-21-22(35)32-23(40-21)33-7-9-34(10-8-33)41(2,36)37/h3-6,11-13H,7-10,14H2,1-2H3. The molecule has 2 heterocycles. The fraction of sp³-hybridized carbons (Fsp3) is 0.360. The van der Waals surface area contributed by atoms with Gasteiger partial charge >= 0.3 is 12.4 Å². The summed E-state index contributed by atoms with van der Waals surface area (Å²) in [5, 5.41) is 0.435. The van der Waals surface area contributed by atoms with Crippen LogP contribution >= 0.6 is 11.8 Å². The van der Waals surface area contributed by atoms with E-state index in [1.165, 1.54) is 35.7 Å². The summed E-state index contributed by atoms with van der Waals surface area (Å²) >= 11 is 1.11. The van der Waals surface area contributed by atoms with E-state index in [4.69, 9.17) is 9.47 Å². The van der Waals surface area contributed by atoms with E-state index in [1.54, 1.807) is 0 Å². The van der Waals surface area contributed by atoms with Crippen LogP contribution in [-0.2, 0) is 33.8 Å². The van der Waals surface area contributed by atoms with Crippen LogP contribution in [0.15, 0.2) is 46.3 Å². The average molecular weight is 624 g/mol. The molecule has 0 aromatic heterocycles. The number of amidine groups is 1. The van der Waals surface area contributed by atoms with E-state index < -0.39 is 51.6 Å². The van der Waals surface area contributed by atoms with Crippen LogP contribution in [0.3, 0.4) is 0 Å². The zero-order valence-electron chi connectivity index (χ0n) is 21.5. The van der Waals surface area contributed by atoms with Crippen molar-refractivity contribution in [1.82, 2.24) is 9.21 Å². The number of ether oxygens (including phenoxy) is 2. The van der Waals surface area contributed by atoms with Crippen molar-refractivity contribution >= 4 is 38.9 Å². The Hall–Kier alpha value is -3.24. The molecule has 0 atom stereocenters. The number of rotatable bonds is 6. The minimum Gasteiger partial charge on any atom is -0.496 e. The van der Waals surface area contributed by atoms with Gasteiger partial charge in [0.25, 0.3) is 5.91 Å². The van der Waals surface area contributed by atoms with Crippen LogP contribution in [-0.4, -0.2) is 68.2 Å². The number of hydrogen-bond donors (Lipinski definition) is 0. The van der Waals surface area contributed by atoms with Gasteiger partial charge in [-0.25, -0.2) is 8.42 Å². The number of hydrogen-bond acceptors (Lipinski definition) is 7. The molecule has 2 aromatic rings. The fourth-order valence-corrected chi connectivity index (χ4v) is 5.87. The lowest BCUT2D eigenvalue weighted by molar-refractivity contribution is -0.143. The number of nitrogens with zero attached hydrogens (tertiary/aromatic N) is 3. The van der Waals surface area contributed by atoms with Gasteiger partial charge in [0.2, 0.25) is 10.0 Å². The second-order valence-corrected chi connectivity index (χ2v) is 12.0. The van der Waals surface area contributed by atoms with Crippen LogP contribution in [0.25, 0.3) is 6.08 Å². The summed E-state index contributed by atoms with van der Waals surface area (Å²) in [6, 6.07) is 5.63. The number of sulfonamides is 1. The highest BCUT2D eigenvalue weighted by molar-refractivity contribution is 8.18. The summed E-state index contributed by atoms with van der Waals surface area (Å²) in [5.74, 6) is -0.190. The van der Waals surface area contributed by atoms with Gasteiger partial charge in [-0.15, -0.1) is 0 Å². The molecule has 0 aliphatic carbocycles. The van der Waals surface area contributed by atoms with Crippen LogP contribution in [0.4, 0.5) is 26.3 Å². The molecule has 2 aliphatic rings. The highest BCUT2D eigenvalue weighted by atomic mass is 32.2. The Labute approximate surface area is 235 Å². The molecule has 8 nitrogen and oxygen atoms in total. The molecule has 1 amide bonds. The Balaban J connectivity index is 1.46. The van der Waals surface area contributed by atoms with Crippen LogP contribution in [0, 0.1) is 0 Å². The maximum absolute atomic E-state index is 13.4. The lowest BCUT2D eigenvalue weighted by atomic mass is 10.0. The Kier molecular flexibility index (Phi) is 8.66. The van der Waals surface area contributed by atoms with E-state index in [0.29, 0.717) is 29.9 Å². The Morgan fingerprint density at radius 2 is 1.68 bits per heavy atom. The molecule has 2 aromatic carbocycles. The van der Waals surface area contributed by atoms with Crippen LogP contribution in [0.2, 0.25) is 0 Å². The molecule has 0 unspecified atom stereocenters. The third kappa shape index (κ3) is 7.35. The highest BCUT2D eigenvalue weighted by Crippen LogP contribution is 2.38. The molecule has 16 heteroatoms. The molecule has 0 bridgehead atoms. The van der Waals surface area contributed by atoms with Gasteiger partial charge in [0.05, 0.1) is 29.4 Å². The van der Waals surface area contributed by atoms with Crippen molar-refractivity contribution in [2.45, 2.75) is 19.0 Å². The van der Waals surface area contributed by atoms with E-state index in [-0.39, 0.29) is 35.6 Å². The van der Waals surface area contributed by atoms with Gasteiger partial charge in [-0.1, -0.05) is 6.07 Å². The largest absolute Gasteiger partial charge is 0.496 e.